The van der Waals surface area contributed by atoms with Crippen LogP contribution >= 0.6 is 0 Å². The van der Waals surface area contributed by atoms with Gasteiger partial charge < -0.3 is 20.4 Å². The second-order valence-electron chi connectivity index (χ2n) is 8.33. The summed E-state index contributed by atoms with van der Waals surface area (Å²) in [6.45, 7) is 0. The molecule has 1 aromatic carbocycles. The van der Waals surface area contributed by atoms with E-state index in [0.717, 1.165) is 17.5 Å². The summed E-state index contributed by atoms with van der Waals surface area (Å²) in [5, 5.41) is 5.83. The van der Waals surface area contributed by atoms with Crippen LogP contribution in [0.25, 0.3) is 11.0 Å². The van der Waals surface area contributed by atoms with E-state index in [2.05, 4.69) is 20.6 Å². The van der Waals surface area contributed by atoms with E-state index in [-0.39, 0.29) is 31.4 Å². The van der Waals surface area contributed by atoms with Crippen molar-refractivity contribution in [2.45, 2.75) is 38.3 Å². The number of allylic oxidation sites excluding steroid dienone is 4. The van der Waals surface area contributed by atoms with Gasteiger partial charge in [-0.1, -0.05) is 6.08 Å². The zero-order valence-corrected chi connectivity index (χ0v) is 18.9. The summed E-state index contributed by atoms with van der Waals surface area (Å²) in [5.74, 6) is 0.508. The number of halogens is 5. The minimum atomic E-state index is -4.61. The maximum atomic E-state index is 13.3. The molecular weight excluding hydrogens is 483 g/mol. The Morgan fingerprint density at radius 3 is 2.64 bits per heavy atom. The lowest BCUT2D eigenvalue weighted by molar-refractivity contribution is -0.0891. The first-order valence-electron chi connectivity index (χ1n) is 11.2. The second-order valence-corrected chi connectivity index (χ2v) is 8.33. The molecule has 4 rings (SSSR count). The number of urea groups is 1. The number of nitrogens with one attached hydrogen (secondary N) is 3. The van der Waals surface area contributed by atoms with Crippen molar-refractivity contribution in [3.05, 3.63) is 72.2 Å². The van der Waals surface area contributed by atoms with E-state index in [9.17, 15) is 26.7 Å². The summed E-state index contributed by atoms with van der Waals surface area (Å²) in [6, 6.07) is 9.30. The molecule has 2 aromatic heterocycles. The molecule has 0 radical (unpaired) electrons. The Kier molecular flexibility index (Phi) is 7.56. The van der Waals surface area contributed by atoms with Crippen LogP contribution in [0.15, 0.2) is 72.2 Å². The second kappa shape index (κ2) is 10.8. The number of alkyl halides is 5. The van der Waals surface area contributed by atoms with Gasteiger partial charge in [0.2, 0.25) is 6.43 Å². The lowest BCUT2D eigenvalue weighted by atomic mass is 9.89. The zero-order valence-electron chi connectivity index (χ0n) is 18.9. The fourth-order valence-electron chi connectivity index (χ4n) is 3.94. The number of ether oxygens (including phenoxy) is 1. The van der Waals surface area contributed by atoms with E-state index in [4.69, 9.17) is 4.74 Å². The molecule has 11 heteroatoms. The van der Waals surface area contributed by atoms with Crippen LogP contribution < -0.4 is 15.4 Å². The minimum absolute atomic E-state index is 0.0672. The summed E-state index contributed by atoms with van der Waals surface area (Å²) in [5.41, 5.74) is 0.245. The molecule has 1 aliphatic carbocycles. The van der Waals surface area contributed by atoms with E-state index in [1.165, 1.54) is 0 Å². The van der Waals surface area contributed by atoms with Crippen LogP contribution in [0.5, 0.6) is 11.5 Å². The molecule has 1 aliphatic rings. The third-order valence-electron chi connectivity index (χ3n) is 5.59. The van der Waals surface area contributed by atoms with E-state index in [0.29, 0.717) is 22.8 Å². The number of amides is 2. The molecule has 2 amide bonds. The molecule has 0 bridgehead atoms. The van der Waals surface area contributed by atoms with E-state index >= 15 is 0 Å². The first-order valence-corrected chi connectivity index (χ1v) is 11.2. The molecule has 3 aromatic rings. The quantitative estimate of drug-likeness (QED) is 0.281. The third kappa shape index (κ3) is 6.61. The van der Waals surface area contributed by atoms with Gasteiger partial charge in [0.15, 0.2) is 0 Å². The van der Waals surface area contributed by atoms with Crippen LogP contribution in [-0.2, 0) is 0 Å². The van der Waals surface area contributed by atoms with Crippen LogP contribution in [0.3, 0.4) is 0 Å². The topological polar surface area (TPSA) is 79.0 Å². The Labute approximate surface area is 203 Å². The summed E-state index contributed by atoms with van der Waals surface area (Å²) in [4.78, 5) is 19.6. The van der Waals surface area contributed by atoms with Crippen LogP contribution in [0.2, 0.25) is 0 Å². The van der Waals surface area contributed by atoms with Crippen molar-refractivity contribution in [2.75, 3.05) is 5.32 Å². The molecule has 6 nitrogen and oxygen atoms in total. The molecule has 0 spiro atoms. The average molecular weight is 506 g/mol. The van der Waals surface area contributed by atoms with Crippen LogP contribution in [0, 0.1) is 5.92 Å². The Morgan fingerprint density at radius 1 is 1.14 bits per heavy atom. The lowest BCUT2D eigenvalue weighted by Crippen LogP contribution is -2.31. The zero-order chi connectivity index (χ0) is 25.7. The van der Waals surface area contributed by atoms with Gasteiger partial charge in [0.05, 0.1) is 11.0 Å². The molecule has 0 saturated heterocycles. The molecular formula is C25H23F5N4O2. The number of aromatic amines is 1. The molecule has 0 saturated carbocycles. The van der Waals surface area contributed by atoms with Gasteiger partial charge in [-0.2, -0.15) is 13.2 Å². The maximum absolute atomic E-state index is 13.3. The number of H-pyrrole nitrogens is 1. The average Bonchev–Trinajstić information content (AvgIpc) is 3.29. The molecule has 1 unspecified atom stereocenters. The largest absolute Gasteiger partial charge is 0.457 e. The number of fused-ring (bicyclic) bond motifs is 1. The molecule has 2 heterocycles. The van der Waals surface area contributed by atoms with Crippen molar-refractivity contribution in [3.63, 3.8) is 0 Å². The fourth-order valence-corrected chi connectivity index (χ4v) is 3.94. The number of aromatic nitrogens is 2. The van der Waals surface area contributed by atoms with Crippen molar-refractivity contribution in [3.8, 4) is 11.5 Å². The fraction of sp³-hybridized carbons (Fsp3) is 0.280. The van der Waals surface area contributed by atoms with Gasteiger partial charge in [-0.15, -0.1) is 0 Å². The predicted molar refractivity (Wildman–Crippen MR) is 125 cm³/mol. The molecule has 36 heavy (non-hydrogen) atoms. The molecule has 0 aliphatic heterocycles. The normalized spacial score (nSPS) is 16.0. The number of anilines is 1. The van der Waals surface area contributed by atoms with Gasteiger partial charge in [0.25, 0.3) is 0 Å². The van der Waals surface area contributed by atoms with Gasteiger partial charge in [-0.3, -0.25) is 0 Å². The Balaban J connectivity index is 1.36. The third-order valence-corrected chi connectivity index (χ3v) is 5.59. The number of carbonyl (C=O) groups excluding carboxylic acids is 1. The number of pyridine rings is 1. The maximum Gasteiger partial charge on any atom is 0.416 e. The number of hydrogen-bond acceptors (Lipinski definition) is 3. The summed E-state index contributed by atoms with van der Waals surface area (Å²) >= 11 is 0. The van der Waals surface area contributed by atoms with Crippen molar-refractivity contribution < 1.29 is 31.5 Å². The molecule has 0 fully saturated rings. The van der Waals surface area contributed by atoms with Crippen LogP contribution in [0.4, 0.5) is 32.4 Å². The number of nitrogens with zero attached hydrogens (tertiary/aromatic N) is 1. The molecule has 1 atom stereocenters. The SMILES string of the molecule is O=C(NC1=CC(C(F)(F)F)=CC(CCCC(F)F)C1)Nc1ccc(Oc2ccnc3[nH]ccc23)cc1. The van der Waals surface area contributed by atoms with Gasteiger partial charge in [0, 0.05) is 30.2 Å². The molecule has 3 N–H and O–H groups in total. The predicted octanol–water partition coefficient (Wildman–Crippen LogP) is 7.30. The highest BCUT2D eigenvalue weighted by molar-refractivity contribution is 5.90. The van der Waals surface area contributed by atoms with Crippen LogP contribution in [0.1, 0.15) is 25.7 Å². The highest BCUT2D eigenvalue weighted by Gasteiger charge is 2.35. The van der Waals surface area contributed by atoms with Gasteiger partial charge in [-0.25, -0.2) is 18.6 Å². The number of carbonyl (C=O) groups is 1. The lowest BCUT2D eigenvalue weighted by Gasteiger charge is -2.23. The molecule has 190 valence electrons. The Morgan fingerprint density at radius 2 is 1.92 bits per heavy atom. The number of rotatable bonds is 8. The summed E-state index contributed by atoms with van der Waals surface area (Å²) in [7, 11) is 0. The summed E-state index contributed by atoms with van der Waals surface area (Å²) in [6.07, 6.45) is -1.86. The van der Waals surface area contributed by atoms with Crippen molar-refractivity contribution in [2.24, 2.45) is 5.92 Å². The monoisotopic (exact) mass is 506 g/mol. The van der Waals surface area contributed by atoms with Gasteiger partial charge in [-0.05, 0) is 67.7 Å². The number of hydrogen-bond donors (Lipinski definition) is 3. The van der Waals surface area contributed by atoms with Gasteiger partial charge >= 0.3 is 12.2 Å². The van der Waals surface area contributed by atoms with Crippen LogP contribution in [-0.4, -0.2) is 28.6 Å². The standard InChI is InChI=1S/C25H23F5N4O2/c26-22(27)3-1-2-15-12-16(25(28,29)30)14-18(13-15)34-24(35)33-17-4-6-19(7-5-17)36-21-9-11-32-23-20(21)8-10-31-23/h4-12,14-15,22H,1-3,13H2,(H,31,32)(H2,33,34,35). The Bertz CT molecular complexity index is 1270. The van der Waals surface area contributed by atoms with E-state index in [1.807, 2.05) is 6.07 Å². The first kappa shape index (κ1) is 25.2. The smallest absolute Gasteiger partial charge is 0.416 e. The Hall–Kier alpha value is -3.89. The first-order chi connectivity index (χ1) is 17.2. The summed E-state index contributed by atoms with van der Waals surface area (Å²) < 4.78 is 70.6. The highest BCUT2D eigenvalue weighted by atomic mass is 19.4. The minimum Gasteiger partial charge on any atom is -0.457 e. The number of benzene rings is 1. The van der Waals surface area contributed by atoms with E-state index in [1.54, 1.807) is 42.7 Å². The van der Waals surface area contributed by atoms with E-state index < -0.39 is 30.1 Å². The van der Waals surface area contributed by atoms with Crippen molar-refractivity contribution in [1.82, 2.24) is 15.3 Å². The van der Waals surface area contributed by atoms with Gasteiger partial charge in [0.1, 0.15) is 17.1 Å². The highest BCUT2D eigenvalue weighted by Crippen LogP contribution is 2.35. The van der Waals surface area contributed by atoms with Crippen molar-refractivity contribution >= 4 is 22.8 Å². The van der Waals surface area contributed by atoms with Crippen molar-refractivity contribution in [1.29, 1.82) is 0 Å².